The molecule has 1 heterocycles. The van der Waals surface area contributed by atoms with Gasteiger partial charge in [0, 0.05) is 29.6 Å². The maximum atomic E-state index is 12.6. The van der Waals surface area contributed by atoms with Gasteiger partial charge in [-0.2, -0.15) is 0 Å². The summed E-state index contributed by atoms with van der Waals surface area (Å²) in [6.45, 7) is 2.14. The Morgan fingerprint density at radius 1 is 1.07 bits per heavy atom. The summed E-state index contributed by atoms with van der Waals surface area (Å²) in [6, 6.07) is 16.1. The van der Waals surface area contributed by atoms with Crippen LogP contribution in [0.1, 0.15) is 18.6 Å². The number of ether oxygens (including phenoxy) is 1. The topological polar surface area (TPSA) is 97.6 Å². The first kappa shape index (κ1) is 18.2. The third-order valence-corrected chi connectivity index (χ3v) is 3.76. The van der Waals surface area contributed by atoms with E-state index in [2.05, 4.69) is 10.6 Å². The lowest BCUT2D eigenvalue weighted by molar-refractivity contribution is -0.127. The normalized spacial score (nSPS) is 11.6. The molecule has 7 nitrogen and oxygen atoms in total. The molecular formula is C20H18N2O5. The van der Waals surface area contributed by atoms with Gasteiger partial charge in [-0.3, -0.25) is 10.1 Å². The minimum atomic E-state index is -1.05. The molecule has 138 valence electrons. The van der Waals surface area contributed by atoms with E-state index in [1.165, 1.54) is 12.1 Å². The zero-order chi connectivity index (χ0) is 19.2. The third-order valence-electron chi connectivity index (χ3n) is 3.76. The summed E-state index contributed by atoms with van der Waals surface area (Å²) in [7, 11) is 0. The van der Waals surface area contributed by atoms with Gasteiger partial charge in [0.1, 0.15) is 11.3 Å². The van der Waals surface area contributed by atoms with Crippen LogP contribution in [0.2, 0.25) is 0 Å². The molecule has 3 amide bonds. The molecule has 2 N–H and O–H groups in total. The fraction of sp³-hybridized carbons (Fsp3) is 0.150. The quantitative estimate of drug-likeness (QED) is 0.677. The van der Waals surface area contributed by atoms with Gasteiger partial charge >= 0.3 is 11.7 Å². The lowest BCUT2D eigenvalue weighted by Crippen LogP contribution is -2.42. The molecule has 3 aromatic rings. The van der Waals surface area contributed by atoms with Crippen LogP contribution in [0.25, 0.3) is 11.0 Å². The molecule has 2 aromatic carbocycles. The monoisotopic (exact) mass is 366 g/mol. The Labute approximate surface area is 154 Å². The van der Waals surface area contributed by atoms with Crippen LogP contribution in [0, 0.1) is 0 Å². The number of fused-ring (bicyclic) bond motifs is 1. The number of imide groups is 1. The molecule has 0 saturated carbocycles. The summed E-state index contributed by atoms with van der Waals surface area (Å²) in [4.78, 5) is 35.7. The highest BCUT2D eigenvalue weighted by atomic mass is 16.5. The van der Waals surface area contributed by atoms with Crippen molar-refractivity contribution in [2.24, 2.45) is 0 Å². The number of urea groups is 1. The molecule has 1 aromatic heterocycles. The minimum Gasteiger partial charge on any atom is -0.476 e. The van der Waals surface area contributed by atoms with Crippen molar-refractivity contribution < 1.29 is 18.7 Å². The van der Waals surface area contributed by atoms with Crippen LogP contribution in [0.5, 0.6) is 5.75 Å². The number of rotatable bonds is 5. The average Bonchev–Trinajstić information content (AvgIpc) is 2.66. The second-order valence-electron chi connectivity index (χ2n) is 5.71. The van der Waals surface area contributed by atoms with Gasteiger partial charge in [0.15, 0.2) is 0 Å². The Morgan fingerprint density at radius 3 is 2.56 bits per heavy atom. The van der Waals surface area contributed by atoms with Gasteiger partial charge in [-0.05, 0) is 25.1 Å². The van der Waals surface area contributed by atoms with Crippen LogP contribution in [-0.2, 0) is 4.79 Å². The highest BCUT2D eigenvalue weighted by Gasteiger charge is 2.24. The molecule has 0 aliphatic carbocycles. The molecule has 0 aliphatic heterocycles. The van der Waals surface area contributed by atoms with E-state index in [-0.39, 0.29) is 0 Å². The van der Waals surface area contributed by atoms with Crippen molar-refractivity contribution in [2.45, 2.75) is 13.0 Å². The summed E-state index contributed by atoms with van der Waals surface area (Å²) in [5.74, 6) is -0.279. The van der Waals surface area contributed by atoms with Gasteiger partial charge in [0.2, 0.25) is 6.10 Å². The van der Waals surface area contributed by atoms with Gasteiger partial charge in [0.05, 0.1) is 0 Å². The number of hydrogen-bond donors (Lipinski definition) is 2. The number of carbonyl (C=O) groups is 2. The molecule has 0 saturated heterocycles. The molecule has 0 spiro atoms. The van der Waals surface area contributed by atoms with E-state index in [1.54, 1.807) is 49.4 Å². The van der Waals surface area contributed by atoms with Gasteiger partial charge in [-0.1, -0.05) is 30.3 Å². The summed E-state index contributed by atoms with van der Waals surface area (Å²) in [6.07, 6.45) is -1.05. The lowest BCUT2D eigenvalue weighted by atomic mass is 10.1. The molecule has 0 fully saturated rings. The van der Waals surface area contributed by atoms with Crippen LogP contribution in [0.4, 0.5) is 4.79 Å². The number of nitrogens with one attached hydrogen (secondary N) is 2. The van der Waals surface area contributed by atoms with Crippen LogP contribution < -0.4 is 21.0 Å². The number of amides is 3. The van der Waals surface area contributed by atoms with Crippen molar-refractivity contribution in [1.82, 2.24) is 10.6 Å². The molecule has 1 atom stereocenters. The van der Waals surface area contributed by atoms with Gasteiger partial charge in [0.25, 0.3) is 5.91 Å². The second kappa shape index (κ2) is 8.18. The molecule has 0 aliphatic rings. The molecule has 0 radical (unpaired) electrons. The lowest BCUT2D eigenvalue weighted by Gasteiger charge is -2.19. The fourth-order valence-corrected chi connectivity index (χ4v) is 2.53. The number of hydrogen-bond acceptors (Lipinski definition) is 5. The Bertz CT molecular complexity index is 1010. The Hall–Kier alpha value is -3.61. The van der Waals surface area contributed by atoms with Crippen LogP contribution in [-0.4, -0.2) is 18.5 Å². The smallest absolute Gasteiger partial charge is 0.336 e. The maximum Gasteiger partial charge on any atom is 0.336 e. The number of carbonyl (C=O) groups excluding carboxylic acids is 2. The van der Waals surface area contributed by atoms with Crippen molar-refractivity contribution in [3.8, 4) is 5.75 Å². The predicted molar refractivity (Wildman–Crippen MR) is 99.5 cm³/mol. The molecule has 0 bridgehead atoms. The highest BCUT2D eigenvalue weighted by Crippen LogP contribution is 2.25. The van der Waals surface area contributed by atoms with Crippen LogP contribution in [0.3, 0.4) is 0 Å². The van der Waals surface area contributed by atoms with Gasteiger partial charge < -0.3 is 14.5 Å². The zero-order valence-corrected chi connectivity index (χ0v) is 14.6. The second-order valence-corrected chi connectivity index (χ2v) is 5.71. The fourth-order valence-electron chi connectivity index (χ4n) is 2.53. The summed E-state index contributed by atoms with van der Waals surface area (Å²) in [5.41, 5.74) is 0.443. The molecule has 3 rings (SSSR count). The van der Waals surface area contributed by atoms with E-state index < -0.39 is 23.7 Å². The van der Waals surface area contributed by atoms with Gasteiger partial charge in [-0.25, -0.2) is 9.59 Å². The van der Waals surface area contributed by atoms with E-state index in [0.717, 1.165) is 5.39 Å². The first-order chi connectivity index (χ1) is 13.1. The highest BCUT2D eigenvalue weighted by molar-refractivity contribution is 5.97. The van der Waals surface area contributed by atoms with Crippen molar-refractivity contribution in [3.63, 3.8) is 0 Å². The van der Waals surface area contributed by atoms with E-state index in [0.29, 0.717) is 23.4 Å². The van der Waals surface area contributed by atoms with Crippen molar-refractivity contribution in [3.05, 3.63) is 76.6 Å². The predicted octanol–water partition coefficient (Wildman–Crippen LogP) is 2.76. The standard InChI is InChI=1S/C20H18N2O5/c1-2-21-20(25)22-19(24)18(14-6-4-3-5-7-14)26-15-10-8-13-9-11-17(23)27-16(13)12-15/h3-12,18H,2H2,1H3,(H2,21,22,24,25)/t18-/m0/s1. The Kier molecular flexibility index (Phi) is 5.51. The van der Waals surface area contributed by atoms with Crippen molar-refractivity contribution >= 4 is 22.9 Å². The van der Waals surface area contributed by atoms with E-state index in [9.17, 15) is 14.4 Å². The summed E-state index contributed by atoms with van der Waals surface area (Å²) >= 11 is 0. The van der Waals surface area contributed by atoms with Gasteiger partial charge in [-0.15, -0.1) is 0 Å². The van der Waals surface area contributed by atoms with Crippen LogP contribution in [0.15, 0.2) is 69.9 Å². The molecule has 27 heavy (non-hydrogen) atoms. The Morgan fingerprint density at radius 2 is 1.81 bits per heavy atom. The number of benzene rings is 2. The average molecular weight is 366 g/mol. The molecular weight excluding hydrogens is 348 g/mol. The van der Waals surface area contributed by atoms with Crippen molar-refractivity contribution in [1.29, 1.82) is 0 Å². The minimum absolute atomic E-state index is 0.330. The van der Waals surface area contributed by atoms with E-state index in [4.69, 9.17) is 9.15 Å². The first-order valence-corrected chi connectivity index (χ1v) is 8.41. The van der Waals surface area contributed by atoms with E-state index >= 15 is 0 Å². The largest absolute Gasteiger partial charge is 0.476 e. The summed E-state index contributed by atoms with van der Waals surface area (Å²) in [5, 5.41) is 5.49. The van der Waals surface area contributed by atoms with E-state index in [1.807, 2.05) is 6.07 Å². The van der Waals surface area contributed by atoms with Crippen LogP contribution >= 0.6 is 0 Å². The zero-order valence-electron chi connectivity index (χ0n) is 14.6. The Balaban J connectivity index is 1.90. The summed E-state index contributed by atoms with van der Waals surface area (Å²) < 4.78 is 11.0. The third kappa shape index (κ3) is 4.52. The SMILES string of the molecule is CCNC(=O)NC(=O)[C@@H](Oc1ccc2ccc(=O)oc2c1)c1ccccc1. The van der Waals surface area contributed by atoms with Crippen molar-refractivity contribution in [2.75, 3.05) is 6.54 Å². The first-order valence-electron chi connectivity index (χ1n) is 8.41. The molecule has 0 unspecified atom stereocenters. The maximum absolute atomic E-state index is 12.6. The molecule has 7 heteroatoms.